The summed E-state index contributed by atoms with van der Waals surface area (Å²) in [5, 5.41) is 10.7. The number of rotatable bonds is 6. The molecule has 0 fully saturated rings. The topological polar surface area (TPSA) is 29.5 Å². The highest BCUT2D eigenvalue weighted by Gasteiger charge is 2.14. The van der Waals surface area contributed by atoms with E-state index in [1.54, 1.807) is 12.1 Å². The molecule has 2 aromatic carbocycles. The van der Waals surface area contributed by atoms with Gasteiger partial charge in [-0.1, -0.05) is 47.5 Å². The zero-order valence-electron chi connectivity index (χ0n) is 10.9. The number of hydrogen-bond donors (Lipinski definition) is 1. The smallest absolute Gasteiger partial charge is 0.119 e. The van der Waals surface area contributed by atoms with Crippen LogP contribution in [0.1, 0.15) is 17.9 Å². The molecule has 0 radical (unpaired) electrons. The van der Waals surface area contributed by atoms with Crippen molar-refractivity contribution in [3.8, 4) is 5.75 Å². The Kier molecular flexibility index (Phi) is 5.72. The number of ether oxygens (including phenoxy) is 1. The van der Waals surface area contributed by atoms with Gasteiger partial charge in [0.15, 0.2) is 0 Å². The van der Waals surface area contributed by atoms with Crippen LogP contribution in [0.2, 0.25) is 10.0 Å². The molecule has 2 rings (SSSR count). The van der Waals surface area contributed by atoms with Crippen molar-refractivity contribution in [2.75, 3.05) is 13.2 Å². The third-order valence-electron chi connectivity index (χ3n) is 3.10. The molecule has 0 spiro atoms. The molecular formula is C16H16Cl2O2. The van der Waals surface area contributed by atoms with Crippen LogP contribution < -0.4 is 4.74 Å². The van der Waals surface area contributed by atoms with Gasteiger partial charge < -0.3 is 9.84 Å². The maximum Gasteiger partial charge on any atom is 0.119 e. The summed E-state index contributed by atoms with van der Waals surface area (Å²) < 4.78 is 5.64. The molecular weight excluding hydrogens is 295 g/mol. The van der Waals surface area contributed by atoms with E-state index in [1.807, 2.05) is 36.4 Å². The first-order valence-corrected chi connectivity index (χ1v) is 7.20. The number of para-hydroxylation sites is 1. The summed E-state index contributed by atoms with van der Waals surface area (Å²) in [6, 6.07) is 14.9. The van der Waals surface area contributed by atoms with Crippen LogP contribution in [-0.2, 0) is 0 Å². The minimum Gasteiger partial charge on any atom is -0.494 e. The van der Waals surface area contributed by atoms with Crippen LogP contribution in [0, 0.1) is 0 Å². The molecule has 0 heterocycles. The van der Waals surface area contributed by atoms with Crippen molar-refractivity contribution in [1.29, 1.82) is 0 Å². The van der Waals surface area contributed by atoms with Gasteiger partial charge in [-0.2, -0.15) is 0 Å². The molecule has 0 aliphatic carbocycles. The summed E-state index contributed by atoms with van der Waals surface area (Å²) in [7, 11) is 0. The molecule has 1 atom stereocenters. The minimum absolute atomic E-state index is 0.0273. The van der Waals surface area contributed by atoms with Gasteiger partial charge >= 0.3 is 0 Å². The highest BCUT2D eigenvalue weighted by Crippen LogP contribution is 2.29. The number of hydrogen-bond acceptors (Lipinski definition) is 2. The first-order valence-electron chi connectivity index (χ1n) is 6.44. The fourth-order valence-corrected chi connectivity index (χ4v) is 2.58. The van der Waals surface area contributed by atoms with E-state index in [2.05, 4.69) is 0 Å². The summed E-state index contributed by atoms with van der Waals surface area (Å²) in [6.07, 6.45) is 0.687. The SMILES string of the molecule is OC[C@@H](CCOc1ccccc1)c1ccc(Cl)cc1Cl. The van der Waals surface area contributed by atoms with Crippen molar-refractivity contribution in [2.24, 2.45) is 0 Å². The minimum atomic E-state index is -0.0523. The molecule has 2 aromatic rings. The monoisotopic (exact) mass is 310 g/mol. The zero-order chi connectivity index (χ0) is 14.4. The van der Waals surface area contributed by atoms with Crippen LogP contribution in [0.15, 0.2) is 48.5 Å². The molecule has 4 heteroatoms. The van der Waals surface area contributed by atoms with E-state index in [4.69, 9.17) is 27.9 Å². The first-order chi connectivity index (χ1) is 9.70. The Hall–Kier alpha value is -1.22. The molecule has 20 heavy (non-hydrogen) atoms. The van der Waals surface area contributed by atoms with E-state index >= 15 is 0 Å². The van der Waals surface area contributed by atoms with Gasteiger partial charge in [-0.3, -0.25) is 0 Å². The fourth-order valence-electron chi connectivity index (χ4n) is 2.01. The van der Waals surface area contributed by atoms with Crippen LogP contribution in [-0.4, -0.2) is 18.3 Å². The maximum absolute atomic E-state index is 9.52. The Bertz CT molecular complexity index is 543. The molecule has 0 unspecified atom stereocenters. The first kappa shape index (κ1) is 15.2. The van der Waals surface area contributed by atoms with Gasteiger partial charge in [0.25, 0.3) is 0 Å². The van der Waals surface area contributed by atoms with Crippen molar-refractivity contribution < 1.29 is 9.84 Å². The quantitative estimate of drug-likeness (QED) is 0.849. The van der Waals surface area contributed by atoms with Crippen LogP contribution in [0.5, 0.6) is 5.75 Å². The van der Waals surface area contributed by atoms with Gasteiger partial charge in [0.1, 0.15) is 5.75 Å². The van der Waals surface area contributed by atoms with E-state index in [1.165, 1.54) is 0 Å². The van der Waals surface area contributed by atoms with Gasteiger partial charge in [0, 0.05) is 16.0 Å². The van der Waals surface area contributed by atoms with Crippen molar-refractivity contribution in [2.45, 2.75) is 12.3 Å². The molecule has 1 N–H and O–H groups in total. The van der Waals surface area contributed by atoms with E-state index in [0.29, 0.717) is 23.1 Å². The zero-order valence-corrected chi connectivity index (χ0v) is 12.4. The molecule has 0 bridgehead atoms. The predicted octanol–water partition coefficient (Wildman–Crippen LogP) is 4.54. The van der Waals surface area contributed by atoms with Gasteiger partial charge in [-0.05, 0) is 36.2 Å². The van der Waals surface area contributed by atoms with Crippen LogP contribution in [0.4, 0.5) is 0 Å². The van der Waals surface area contributed by atoms with Crippen molar-refractivity contribution >= 4 is 23.2 Å². The van der Waals surface area contributed by atoms with Crippen molar-refractivity contribution in [3.63, 3.8) is 0 Å². The molecule has 0 saturated carbocycles. The van der Waals surface area contributed by atoms with Gasteiger partial charge in [-0.15, -0.1) is 0 Å². The molecule has 2 nitrogen and oxygen atoms in total. The molecule has 106 valence electrons. The maximum atomic E-state index is 9.52. The third-order valence-corrected chi connectivity index (χ3v) is 3.66. The second-order valence-electron chi connectivity index (χ2n) is 4.50. The summed E-state index contributed by atoms with van der Waals surface area (Å²) in [5.41, 5.74) is 0.898. The summed E-state index contributed by atoms with van der Waals surface area (Å²) >= 11 is 12.0. The van der Waals surface area contributed by atoms with Crippen molar-refractivity contribution in [1.82, 2.24) is 0 Å². The third kappa shape index (κ3) is 4.14. The molecule has 0 aliphatic rings. The van der Waals surface area contributed by atoms with Gasteiger partial charge in [0.2, 0.25) is 0 Å². The molecule has 0 saturated heterocycles. The lowest BCUT2D eigenvalue weighted by molar-refractivity contribution is 0.229. The number of aliphatic hydroxyl groups excluding tert-OH is 1. The Balaban J connectivity index is 1.95. The average Bonchev–Trinajstić information content (AvgIpc) is 2.46. The molecule has 0 amide bonds. The number of aliphatic hydroxyl groups is 1. The average molecular weight is 311 g/mol. The Labute approximate surface area is 128 Å². The summed E-state index contributed by atoms with van der Waals surface area (Å²) in [5.74, 6) is 0.773. The fraction of sp³-hybridized carbons (Fsp3) is 0.250. The van der Waals surface area contributed by atoms with Crippen LogP contribution in [0.25, 0.3) is 0 Å². The van der Waals surface area contributed by atoms with Crippen molar-refractivity contribution in [3.05, 3.63) is 64.1 Å². The Morgan fingerprint density at radius 2 is 1.80 bits per heavy atom. The largest absolute Gasteiger partial charge is 0.494 e. The van der Waals surface area contributed by atoms with E-state index in [9.17, 15) is 5.11 Å². The lowest BCUT2D eigenvalue weighted by Crippen LogP contribution is -2.10. The van der Waals surface area contributed by atoms with Gasteiger partial charge in [0.05, 0.1) is 13.2 Å². The number of halogens is 2. The van der Waals surface area contributed by atoms with E-state index < -0.39 is 0 Å². The Morgan fingerprint density at radius 3 is 2.45 bits per heavy atom. The summed E-state index contributed by atoms with van der Waals surface area (Å²) in [4.78, 5) is 0. The van der Waals surface area contributed by atoms with E-state index in [-0.39, 0.29) is 12.5 Å². The lowest BCUT2D eigenvalue weighted by atomic mass is 9.97. The normalized spacial score (nSPS) is 12.2. The predicted molar refractivity (Wildman–Crippen MR) is 82.8 cm³/mol. The molecule has 0 aromatic heterocycles. The highest BCUT2D eigenvalue weighted by molar-refractivity contribution is 6.35. The van der Waals surface area contributed by atoms with Crippen LogP contribution in [0.3, 0.4) is 0 Å². The summed E-state index contributed by atoms with van der Waals surface area (Å²) in [6.45, 7) is 0.549. The number of benzene rings is 2. The molecule has 0 aliphatic heterocycles. The second-order valence-corrected chi connectivity index (χ2v) is 5.34. The second kappa shape index (κ2) is 7.53. The van der Waals surface area contributed by atoms with Gasteiger partial charge in [-0.25, -0.2) is 0 Å². The lowest BCUT2D eigenvalue weighted by Gasteiger charge is -2.16. The standard InChI is InChI=1S/C16H16Cl2O2/c17-13-6-7-15(16(18)10-13)12(11-19)8-9-20-14-4-2-1-3-5-14/h1-7,10,12,19H,8-9,11H2/t12-/m1/s1. The highest BCUT2D eigenvalue weighted by atomic mass is 35.5. The Morgan fingerprint density at radius 1 is 1.05 bits per heavy atom. The van der Waals surface area contributed by atoms with Crippen LogP contribution >= 0.6 is 23.2 Å². The van der Waals surface area contributed by atoms with E-state index in [0.717, 1.165) is 11.3 Å².